The molecule has 2 N–H and O–H groups in total. The lowest BCUT2D eigenvalue weighted by molar-refractivity contribution is -0.870. The third-order valence-electron chi connectivity index (χ3n) is 12.1. The molecule has 64 heavy (non-hydrogen) atoms. The quantitative estimate of drug-likeness (QED) is 0.0205. The molecule has 3 atom stereocenters. The third-order valence-corrected chi connectivity index (χ3v) is 13.1. The summed E-state index contributed by atoms with van der Waals surface area (Å²) in [6, 6.07) is -0.841. The van der Waals surface area contributed by atoms with Crippen molar-refractivity contribution >= 4 is 19.7 Å². The number of phosphoric ester groups is 1. The molecule has 378 valence electrons. The Morgan fingerprint density at radius 3 is 1.34 bits per heavy atom. The topological polar surface area (TPSA) is 111 Å². The van der Waals surface area contributed by atoms with Crippen LogP contribution in [0.5, 0.6) is 0 Å². The molecule has 0 heterocycles. The predicted molar refractivity (Wildman–Crippen MR) is 273 cm³/mol. The zero-order chi connectivity index (χ0) is 47.3. The number of phosphoric acid groups is 1. The zero-order valence-electron chi connectivity index (χ0n) is 43.0. The van der Waals surface area contributed by atoms with E-state index in [1.54, 1.807) is 0 Å². The van der Waals surface area contributed by atoms with E-state index in [4.69, 9.17) is 13.8 Å². The lowest BCUT2D eigenvalue weighted by atomic mass is 10.0. The Morgan fingerprint density at radius 1 is 0.531 bits per heavy atom. The molecule has 0 saturated heterocycles. The van der Waals surface area contributed by atoms with E-state index in [0.717, 1.165) is 57.8 Å². The molecule has 0 aliphatic rings. The van der Waals surface area contributed by atoms with Crippen molar-refractivity contribution in [2.24, 2.45) is 0 Å². The molecule has 0 aromatic rings. The molecule has 0 rings (SSSR count). The van der Waals surface area contributed by atoms with Crippen molar-refractivity contribution in [2.45, 2.75) is 270 Å². The van der Waals surface area contributed by atoms with Crippen molar-refractivity contribution in [3.8, 4) is 0 Å². The highest BCUT2D eigenvalue weighted by Gasteiger charge is 2.30. The lowest BCUT2D eigenvalue weighted by Gasteiger charge is -2.27. The number of rotatable bonds is 49. The Kier molecular flexibility index (Phi) is 44.2. The van der Waals surface area contributed by atoms with E-state index in [-0.39, 0.29) is 25.1 Å². The van der Waals surface area contributed by atoms with Gasteiger partial charge in [-0.25, -0.2) is 4.57 Å². The van der Waals surface area contributed by atoms with Crippen LogP contribution in [-0.2, 0) is 27.9 Å². The Bertz CT molecular complexity index is 1160. The van der Waals surface area contributed by atoms with E-state index >= 15 is 0 Å². The SMILES string of the molecule is CCCCCC/C=C\CCCCCCCCCC(=O)OC(/C=C/CCCCCCCCCCCC)C(COP(=O)(O)OCC[N+](C)(C)C)NC(=O)CCCCCCCCCCCCC. The summed E-state index contributed by atoms with van der Waals surface area (Å²) in [6.45, 7) is 7.00. The van der Waals surface area contributed by atoms with E-state index in [1.807, 2.05) is 33.3 Å². The number of allylic oxidation sites excluding steroid dienone is 3. The first-order valence-electron chi connectivity index (χ1n) is 27.2. The summed E-state index contributed by atoms with van der Waals surface area (Å²) in [4.78, 5) is 37.4. The Morgan fingerprint density at radius 2 is 0.906 bits per heavy atom. The molecule has 0 spiro atoms. The van der Waals surface area contributed by atoms with Crippen molar-refractivity contribution in [2.75, 3.05) is 40.9 Å². The Hall–Kier alpha value is -1.51. The number of amides is 1. The van der Waals surface area contributed by atoms with Crippen LogP contribution in [0.15, 0.2) is 24.3 Å². The Labute approximate surface area is 396 Å². The highest BCUT2D eigenvalue weighted by Crippen LogP contribution is 2.43. The summed E-state index contributed by atoms with van der Waals surface area (Å²) in [5, 5.41) is 3.04. The normalized spacial score (nSPS) is 14.0. The van der Waals surface area contributed by atoms with Gasteiger partial charge in [0.25, 0.3) is 0 Å². The van der Waals surface area contributed by atoms with E-state index < -0.39 is 20.0 Å². The van der Waals surface area contributed by atoms with Crippen LogP contribution in [0.4, 0.5) is 0 Å². The molecule has 0 aromatic heterocycles. The fourth-order valence-corrected chi connectivity index (χ4v) is 8.61. The van der Waals surface area contributed by atoms with Crippen LogP contribution in [0.25, 0.3) is 0 Å². The molecule has 10 heteroatoms. The van der Waals surface area contributed by atoms with Crippen LogP contribution in [0.1, 0.15) is 258 Å². The molecule has 0 aromatic carbocycles. The largest absolute Gasteiger partial charge is 0.472 e. The van der Waals surface area contributed by atoms with Gasteiger partial charge in [-0.1, -0.05) is 212 Å². The first-order chi connectivity index (χ1) is 30.9. The van der Waals surface area contributed by atoms with Crippen LogP contribution in [-0.4, -0.2) is 74.3 Å². The lowest BCUT2D eigenvalue weighted by Crippen LogP contribution is -2.47. The number of carbonyl (C=O) groups is 2. The number of carbonyl (C=O) groups excluding carboxylic acids is 2. The smallest absolute Gasteiger partial charge is 0.456 e. The van der Waals surface area contributed by atoms with Crippen LogP contribution in [0, 0.1) is 0 Å². The molecule has 0 aliphatic heterocycles. The second-order valence-corrected chi connectivity index (χ2v) is 21.2. The first-order valence-corrected chi connectivity index (χ1v) is 28.7. The number of hydrogen-bond acceptors (Lipinski definition) is 6. The number of nitrogens with one attached hydrogen (secondary N) is 1. The number of esters is 1. The van der Waals surface area contributed by atoms with Gasteiger partial charge in [-0.2, -0.15) is 0 Å². The van der Waals surface area contributed by atoms with Gasteiger partial charge < -0.3 is 19.4 Å². The Balaban J connectivity index is 5.38. The van der Waals surface area contributed by atoms with Gasteiger partial charge >= 0.3 is 13.8 Å². The average Bonchev–Trinajstić information content (AvgIpc) is 3.25. The van der Waals surface area contributed by atoms with E-state index in [0.29, 0.717) is 23.9 Å². The van der Waals surface area contributed by atoms with Crippen molar-refractivity contribution in [1.29, 1.82) is 0 Å². The minimum absolute atomic E-state index is 0.0426. The number of likely N-dealkylation sites (N-methyl/N-ethyl adjacent to an activating group) is 1. The molecule has 0 radical (unpaired) electrons. The summed E-state index contributed by atoms with van der Waals surface area (Å²) in [7, 11) is 1.50. The van der Waals surface area contributed by atoms with Gasteiger partial charge in [0.2, 0.25) is 5.91 Å². The maximum atomic E-state index is 13.4. The summed E-state index contributed by atoms with van der Waals surface area (Å²) in [5.74, 6) is -0.503. The van der Waals surface area contributed by atoms with Crippen LogP contribution in [0.3, 0.4) is 0 Å². The van der Waals surface area contributed by atoms with Crippen molar-refractivity contribution in [3.63, 3.8) is 0 Å². The van der Waals surface area contributed by atoms with Gasteiger partial charge in [0.15, 0.2) is 0 Å². The summed E-state index contributed by atoms with van der Waals surface area (Å²) < 4.78 is 30.5. The molecule has 0 saturated carbocycles. The second-order valence-electron chi connectivity index (χ2n) is 19.8. The number of ether oxygens (including phenoxy) is 1. The van der Waals surface area contributed by atoms with Crippen molar-refractivity contribution in [3.05, 3.63) is 24.3 Å². The fourth-order valence-electron chi connectivity index (χ4n) is 7.88. The number of nitrogens with zero attached hydrogens (tertiary/aromatic N) is 1. The predicted octanol–water partition coefficient (Wildman–Crippen LogP) is 15.8. The molecular weight excluding hydrogens is 820 g/mol. The standard InChI is InChI=1S/C54H105N2O7P/c1-7-10-13-16-19-22-25-27-28-29-32-35-38-41-44-47-54(58)63-52(45-42-39-36-33-31-26-23-20-17-14-11-8-2)51(50-62-64(59,60)61-49-48-56(4,5)6)55-53(57)46-43-40-37-34-30-24-21-18-15-12-9-3/h22,25,42,45,51-52H,7-21,23-24,26-41,43-44,46-50H2,1-6H3,(H-,55,57,59,60)/p+1/b25-22-,45-42+. The minimum atomic E-state index is -4.43. The van der Waals surface area contributed by atoms with Gasteiger partial charge in [0.1, 0.15) is 19.3 Å². The van der Waals surface area contributed by atoms with Gasteiger partial charge in [0, 0.05) is 12.8 Å². The zero-order valence-corrected chi connectivity index (χ0v) is 43.9. The maximum absolute atomic E-state index is 13.4. The summed E-state index contributed by atoms with van der Waals surface area (Å²) in [5.41, 5.74) is 0. The average molecular weight is 926 g/mol. The van der Waals surface area contributed by atoms with Gasteiger partial charge in [-0.05, 0) is 57.4 Å². The van der Waals surface area contributed by atoms with Crippen molar-refractivity contribution in [1.82, 2.24) is 5.32 Å². The molecule has 9 nitrogen and oxygen atoms in total. The first kappa shape index (κ1) is 62.5. The highest BCUT2D eigenvalue weighted by atomic mass is 31.2. The van der Waals surface area contributed by atoms with E-state index in [2.05, 4.69) is 38.2 Å². The molecule has 0 bridgehead atoms. The fraction of sp³-hybridized carbons (Fsp3) is 0.889. The second kappa shape index (κ2) is 45.3. The maximum Gasteiger partial charge on any atom is 0.472 e. The number of hydrogen-bond donors (Lipinski definition) is 2. The van der Waals surface area contributed by atoms with E-state index in [9.17, 15) is 19.0 Å². The van der Waals surface area contributed by atoms with Gasteiger partial charge in [-0.3, -0.25) is 18.6 Å². The van der Waals surface area contributed by atoms with Crippen LogP contribution < -0.4 is 5.32 Å². The number of unbranched alkanes of at least 4 members (excludes halogenated alkanes) is 31. The molecule has 1 amide bonds. The summed E-state index contributed by atoms with van der Waals surface area (Å²) in [6.07, 6.45) is 50.2. The molecule has 0 fully saturated rings. The van der Waals surface area contributed by atoms with Gasteiger partial charge in [0.05, 0.1) is 33.8 Å². The van der Waals surface area contributed by atoms with Crippen molar-refractivity contribution < 1.29 is 37.3 Å². The molecule has 3 unspecified atom stereocenters. The van der Waals surface area contributed by atoms with E-state index in [1.165, 1.54) is 167 Å². The van der Waals surface area contributed by atoms with Crippen LogP contribution in [0.2, 0.25) is 0 Å². The monoisotopic (exact) mass is 926 g/mol. The van der Waals surface area contributed by atoms with Crippen LogP contribution >= 0.6 is 7.82 Å². The van der Waals surface area contributed by atoms with Gasteiger partial charge in [-0.15, -0.1) is 0 Å². The minimum Gasteiger partial charge on any atom is -0.456 e. The molecular formula is C54H106N2O7P+. The highest BCUT2D eigenvalue weighted by molar-refractivity contribution is 7.47. The molecule has 0 aliphatic carbocycles. The third kappa shape index (κ3) is 45.6. The summed E-state index contributed by atoms with van der Waals surface area (Å²) >= 11 is 0. The number of quaternary nitrogens is 1.